The molecule has 1 atom stereocenters. The summed E-state index contributed by atoms with van der Waals surface area (Å²) in [4.78, 5) is 0. The Balaban J connectivity index is 2.55. The molecule has 1 N–H and O–H groups in total. The highest BCUT2D eigenvalue weighted by molar-refractivity contribution is 9.10. The van der Waals surface area contributed by atoms with E-state index < -0.39 is 17.2 Å². The minimum absolute atomic E-state index is 0.184. The first kappa shape index (κ1) is 11.4. The zero-order valence-electron chi connectivity index (χ0n) is 7.77. The van der Waals surface area contributed by atoms with Crippen molar-refractivity contribution in [2.75, 3.05) is 11.5 Å². The van der Waals surface area contributed by atoms with Crippen LogP contribution in [0.1, 0.15) is 12.0 Å². The number of hydrogen-bond acceptors (Lipinski definition) is 2. The van der Waals surface area contributed by atoms with Gasteiger partial charge in [0.15, 0.2) is 0 Å². The third-order valence-electron chi connectivity index (χ3n) is 2.51. The average Bonchev–Trinajstić information content (AvgIpc) is 2.60. The normalized spacial score (nSPS) is 25.9. The van der Waals surface area contributed by atoms with Gasteiger partial charge in [0.05, 0.1) is 10.0 Å². The van der Waals surface area contributed by atoms with Gasteiger partial charge in [-0.1, -0.05) is 0 Å². The van der Waals surface area contributed by atoms with Crippen molar-refractivity contribution < 1.29 is 13.9 Å². The van der Waals surface area contributed by atoms with Crippen molar-refractivity contribution in [3.8, 4) is 0 Å². The predicted octanol–water partition coefficient (Wildman–Crippen LogP) is 3.05. The van der Waals surface area contributed by atoms with Crippen LogP contribution in [0.25, 0.3) is 0 Å². The minimum atomic E-state index is -1.36. The lowest BCUT2D eigenvalue weighted by Gasteiger charge is -2.23. The number of halogens is 3. The van der Waals surface area contributed by atoms with Crippen LogP contribution >= 0.6 is 27.7 Å². The van der Waals surface area contributed by atoms with Gasteiger partial charge in [0, 0.05) is 5.75 Å². The topological polar surface area (TPSA) is 20.2 Å². The maximum Gasteiger partial charge on any atom is 0.146 e. The van der Waals surface area contributed by atoms with Gasteiger partial charge >= 0.3 is 0 Å². The van der Waals surface area contributed by atoms with Gasteiger partial charge in [0.2, 0.25) is 0 Å². The van der Waals surface area contributed by atoms with Gasteiger partial charge in [-0.15, -0.1) is 0 Å². The lowest BCUT2D eigenvalue weighted by molar-refractivity contribution is 0.0576. The van der Waals surface area contributed by atoms with Crippen LogP contribution < -0.4 is 0 Å². The fourth-order valence-electron chi connectivity index (χ4n) is 1.71. The SMILES string of the molecule is OC1(c2c(F)ccc(Br)c2F)CCSC1. The fraction of sp³-hybridized carbons (Fsp3) is 0.400. The molecule has 1 nitrogen and oxygen atoms in total. The molecular formula is C10H9BrF2OS. The summed E-state index contributed by atoms with van der Waals surface area (Å²) in [6, 6.07) is 2.48. The molecule has 1 saturated heterocycles. The van der Waals surface area contributed by atoms with E-state index in [2.05, 4.69) is 15.9 Å². The molecule has 1 fully saturated rings. The third kappa shape index (κ3) is 1.92. The first-order valence-corrected chi connectivity index (χ1v) is 6.43. The molecule has 0 saturated carbocycles. The zero-order valence-corrected chi connectivity index (χ0v) is 10.2. The van der Waals surface area contributed by atoms with Crippen molar-refractivity contribution >= 4 is 27.7 Å². The molecule has 1 aromatic carbocycles. The molecule has 1 aliphatic rings. The molecule has 1 aromatic rings. The van der Waals surface area contributed by atoms with Crippen LogP contribution in [0.5, 0.6) is 0 Å². The van der Waals surface area contributed by atoms with Crippen LogP contribution in [0.15, 0.2) is 16.6 Å². The van der Waals surface area contributed by atoms with Gasteiger partial charge in [-0.2, -0.15) is 11.8 Å². The average molecular weight is 295 g/mol. The lowest BCUT2D eigenvalue weighted by atomic mass is 9.92. The Morgan fingerprint density at radius 1 is 1.40 bits per heavy atom. The summed E-state index contributed by atoms with van der Waals surface area (Å²) in [5.74, 6) is -0.306. The van der Waals surface area contributed by atoms with Crippen molar-refractivity contribution in [1.29, 1.82) is 0 Å². The molecule has 1 heterocycles. The van der Waals surface area contributed by atoms with Crippen molar-refractivity contribution in [2.45, 2.75) is 12.0 Å². The maximum absolute atomic E-state index is 13.7. The second kappa shape index (κ2) is 4.03. The summed E-state index contributed by atoms with van der Waals surface area (Å²) >= 11 is 4.49. The summed E-state index contributed by atoms with van der Waals surface area (Å²) in [7, 11) is 0. The van der Waals surface area contributed by atoms with Crippen molar-refractivity contribution in [3.05, 3.63) is 33.8 Å². The van der Waals surface area contributed by atoms with Crippen LogP contribution in [-0.4, -0.2) is 16.6 Å². The molecule has 0 radical (unpaired) electrons. The summed E-state index contributed by atoms with van der Waals surface area (Å²) in [5, 5.41) is 10.1. The Bertz CT molecular complexity index is 391. The number of rotatable bonds is 1. The van der Waals surface area contributed by atoms with Crippen LogP contribution in [0, 0.1) is 11.6 Å². The first-order chi connectivity index (χ1) is 7.04. The number of aliphatic hydroxyl groups is 1. The highest BCUT2D eigenvalue weighted by Crippen LogP contribution is 2.40. The first-order valence-electron chi connectivity index (χ1n) is 4.49. The molecule has 2 rings (SSSR count). The molecule has 1 aliphatic heterocycles. The summed E-state index contributed by atoms with van der Waals surface area (Å²) in [5.41, 5.74) is -1.57. The zero-order chi connectivity index (χ0) is 11.1. The lowest BCUT2D eigenvalue weighted by Crippen LogP contribution is -2.28. The van der Waals surface area contributed by atoms with Gasteiger partial charge in [-0.25, -0.2) is 8.78 Å². The van der Waals surface area contributed by atoms with Gasteiger partial charge in [0.1, 0.15) is 17.2 Å². The van der Waals surface area contributed by atoms with Crippen LogP contribution in [0.3, 0.4) is 0 Å². The van der Waals surface area contributed by atoms with Gasteiger partial charge in [0.25, 0.3) is 0 Å². The van der Waals surface area contributed by atoms with Gasteiger partial charge < -0.3 is 5.11 Å². The molecule has 0 spiro atoms. The Hall–Kier alpha value is -0.130. The van der Waals surface area contributed by atoms with E-state index in [1.54, 1.807) is 0 Å². The fourth-order valence-corrected chi connectivity index (χ4v) is 3.29. The van der Waals surface area contributed by atoms with E-state index >= 15 is 0 Å². The largest absolute Gasteiger partial charge is 0.384 e. The Kier molecular flexibility index (Phi) is 3.05. The molecule has 15 heavy (non-hydrogen) atoms. The predicted molar refractivity (Wildman–Crippen MR) is 59.9 cm³/mol. The van der Waals surface area contributed by atoms with Gasteiger partial charge in [-0.05, 0) is 40.2 Å². The third-order valence-corrected chi connectivity index (χ3v) is 4.30. The van der Waals surface area contributed by atoms with Crippen molar-refractivity contribution in [2.24, 2.45) is 0 Å². The molecule has 0 aliphatic carbocycles. The smallest absolute Gasteiger partial charge is 0.146 e. The van der Waals surface area contributed by atoms with Crippen LogP contribution in [0.2, 0.25) is 0 Å². The Labute approximate surface area is 99.0 Å². The van der Waals surface area contributed by atoms with Crippen LogP contribution in [-0.2, 0) is 5.60 Å². The van der Waals surface area contributed by atoms with E-state index in [1.165, 1.54) is 23.9 Å². The second-order valence-corrected chi connectivity index (χ2v) is 5.51. The minimum Gasteiger partial charge on any atom is -0.384 e. The van der Waals surface area contributed by atoms with E-state index in [4.69, 9.17) is 0 Å². The summed E-state index contributed by atoms with van der Waals surface area (Å²) < 4.78 is 27.4. The van der Waals surface area contributed by atoms with E-state index in [9.17, 15) is 13.9 Å². The van der Waals surface area contributed by atoms with E-state index in [-0.39, 0.29) is 10.0 Å². The molecule has 82 valence electrons. The number of hydrogen-bond donors (Lipinski definition) is 1. The molecule has 0 amide bonds. The quantitative estimate of drug-likeness (QED) is 0.804. The number of benzene rings is 1. The van der Waals surface area contributed by atoms with Crippen LogP contribution in [0.4, 0.5) is 8.78 Å². The maximum atomic E-state index is 13.7. The highest BCUT2D eigenvalue weighted by Gasteiger charge is 2.38. The summed E-state index contributed by atoms with van der Waals surface area (Å²) in [6.45, 7) is 0. The Morgan fingerprint density at radius 3 is 2.73 bits per heavy atom. The highest BCUT2D eigenvalue weighted by atomic mass is 79.9. The monoisotopic (exact) mass is 294 g/mol. The number of thioether (sulfide) groups is 1. The van der Waals surface area contributed by atoms with Crippen molar-refractivity contribution in [1.82, 2.24) is 0 Å². The molecular weight excluding hydrogens is 286 g/mol. The molecule has 0 bridgehead atoms. The second-order valence-electron chi connectivity index (χ2n) is 3.55. The summed E-state index contributed by atoms with van der Waals surface area (Å²) in [6.07, 6.45) is 0.391. The standard InChI is InChI=1S/C10H9BrF2OS/c11-6-1-2-7(12)8(9(6)13)10(14)3-4-15-5-10/h1-2,14H,3-5H2. The van der Waals surface area contributed by atoms with E-state index in [0.29, 0.717) is 12.2 Å². The van der Waals surface area contributed by atoms with E-state index in [1.807, 2.05) is 0 Å². The van der Waals surface area contributed by atoms with Gasteiger partial charge in [-0.3, -0.25) is 0 Å². The Morgan fingerprint density at radius 2 is 2.13 bits per heavy atom. The molecule has 0 aromatic heterocycles. The molecule has 1 unspecified atom stereocenters. The van der Waals surface area contributed by atoms with Crippen molar-refractivity contribution in [3.63, 3.8) is 0 Å². The molecule has 5 heteroatoms. The van der Waals surface area contributed by atoms with E-state index in [0.717, 1.165) is 5.75 Å².